The van der Waals surface area contributed by atoms with E-state index in [4.69, 9.17) is 15.9 Å². The van der Waals surface area contributed by atoms with Gasteiger partial charge in [0.25, 0.3) is 0 Å². The molecule has 0 unspecified atom stereocenters. The second-order valence-corrected chi connectivity index (χ2v) is 4.95. The number of carbonyl (C=O) groups excluding carboxylic acids is 5. The van der Waals surface area contributed by atoms with Gasteiger partial charge in [-0.3, -0.25) is 28.8 Å². The molecule has 0 bridgehead atoms. The average molecular weight is 390 g/mol. The number of aliphatic hydroxyl groups is 1. The van der Waals surface area contributed by atoms with Gasteiger partial charge in [0.05, 0.1) is 32.8 Å². The van der Waals surface area contributed by atoms with Crippen LogP contribution in [0, 0.1) is 0 Å². The number of carboxylic acid groups (broad SMARTS) is 1. The molecule has 14 nitrogen and oxygen atoms in total. The molecular formula is C13H22N6O8. The number of rotatable bonds is 12. The summed E-state index contributed by atoms with van der Waals surface area (Å²) in [4.78, 5) is 67.2. The van der Waals surface area contributed by atoms with Crippen molar-refractivity contribution < 1.29 is 39.0 Å². The molecule has 14 heteroatoms. The summed E-state index contributed by atoms with van der Waals surface area (Å²) in [5, 5.41) is 28.1. The molecule has 27 heavy (non-hydrogen) atoms. The van der Waals surface area contributed by atoms with E-state index in [9.17, 15) is 28.8 Å². The Kier molecular flexibility index (Phi) is 11.4. The lowest BCUT2D eigenvalue weighted by Crippen LogP contribution is -2.53. The molecule has 1 atom stereocenters. The topological polar surface area (TPSA) is 229 Å². The van der Waals surface area contributed by atoms with E-state index in [0.717, 1.165) is 0 Å². The smallest absolute Gasteiger partial charge is 0.322 e. The van der Waals surface area contributed by atoms with E-state index in [1.54, 1.807) is 0 Å². The van der Waals surface area contributed by atoms with Crippen LogP contribution in [-0.4, -0.2) is 91.1 Å². The Balaban J connectivity index is 4.21. The second kappa shape index (κ2) is 13.0. The maximum atomic E-state index is 11.8. The molecule has 0 rings (SSSR count). The highest BCUT2D eigenvalue weighted by atomic mass is 16.4. The number of hydrogen-bond donors (Lipinski definition) is 8. The third-order valence-electron chi connectivity index (χ3n) is 2.77. The fourth-order valence-corrected chi connectivity index (χ4v) is 1.46. The van der Waals surface area contributed by atoms with E-state index in [1.807, 2.05) is 5.32 Å². The van der Waals surface area contributed by atoms with Crippen molar-refractivity contribution in [2.45, 2.75) is 6.04 Å². The Hall–Kier alpha value is -3.26. The number of aliphatic hydroxyl groups excluding tert-OH is 1. The monoisotopic (exact) mass is 390 g/mol. The summed E-state index contributed by atoms with van der Waals surface area (Å²) < 4.78 is 0. The molecule has 0 saturated heterocycles. The van der Waals surface area contributed by atoms with Crippen LogP contribution in [-0.2, 0) is 28.8 Å². The van der Waals surface area contributed by atoms with Crippen LogP contribution in [0.3, 0.4) is 0 Å². The van der Waals surface area contributed by atoms with Crippen molar-refractivity contribution in [2.24, 2.45) is 5.73 Å². The zero-order valence-corrected chi connectivity index (χ0v) is 14.2. The Bertz CT molecular complexity index is 581. The van der Waals surface area contributed by atoms with Gasteiger partial charge in [0.2, 0.25) is 29.5 Å². The number of amides is 5. The predicted molar refractivity (Wildman–Crippen MR) is 87.7 cm³/mol. The number of nitrogens with one attached hydrogen (secondary N) is 5. The molecule has 0 spiro atoms. The second-order valence-electron chi connectivity index (χ2n) is 4.95. The average Bonchev–Trinajstić information content (AvgIpc) is 2.64. The molecule has 0 aliphatic rings. The van der Waals surface area contributed by atoms with Gasteiger partial charge in [-0.1, -0.05) is 0 Å². The Morgan fingerprint density at radius 1 is 0.741 bits per heavy atom. The van der Waals surface area contributed by atoms with Crippen molar-refractivity contribution in [1.29, 1.82) is 0 Å². The van der Waals surface area contributed by atoms with Gasteiger partial charge in [-0.2, -0.15) is 0 Å². The molecule has 0 aromatic heterocycles. The Morgan fingerprint density at radius 2 is 1.22 bits per heavy atom. The van der Waals surface area contributed by atoms with Gasteiger partial charge in [-0.05, 0) is 0 Å². The SMILES string of the molecule is NCC(=O)NCC(=O)NCC(=O)N[C@@H](CO)C(=O)NCC(=O)NCC(=O)O. The first-order valence-electron chi connectivity index (χ1n) is 7.59. The van der Waals surface area contributed by atoms with E-state index in [0.29, 0.717) is 0 Å². The van der Waals surface area contributed by atoms with Crippen LogP contribution >= 0.6 is 0 Å². The first kappa shape index (κ1) is 23.7. The molecule has 5 amide bonds. The largest absolute Gasteiger partial charge is 0.480 e. The fourth-order valence-electron chi connectivity index (χ4n) is 1.46. The van der Waals surface area contributed by atoms with Crippen LogP contribution in [0.5, 0.6) is 0 Å². The molecule has 0 aromatic carbocycles. The van der Waals surface area contributed by atoms with Gasteiger partial charge >= 0.3 is 5.97 Å². The van der Waals surface area contributed by atoms with Gasteiger partial charge < -0.3 is 42.5 Å². The van der Waals surface area contributed by atoms with Crippen LogP contribution in [0.1, 0.15) is 0 Å². The zero-order valence-electron chi connectivity index (χ0n) is 14.2. The molecule has 0 aliphatic carbocycles. The van der Waals surface area contributed by atoms with E-state index in [2.05, 4.69) is 21.3 Å². The molecule has 0 aromatic rings. The van der Waals surface area contributed by atoms with Crippen LogP contribution in [0.2, 0.25) is 0 Å². The van der Waals surface area contributed by atoms with Gasteiger partial charge in [-0.15, -0.1) is 0 Å². The predicted octanol–water partition coefficient (Wildman–Crippen LogP) is -6.03. The van der Waals surface area contributed by atoms with E-state index in [-0.39, 0.29) is 6.54 Å². The van der Waals surface area contributed by atoms with Gasteiger partial charge in [0, 0.05) is 0 Å². The summed E-state index contributed by atoms with van der Waals surface area (Å²) in [5.41, 5.74) is 5.03. The summed E-state index contributed by atoms with van der Waals surface area (Å²) in [6.07, 6.45) is 0. The standard InChI is InChI=1S/C13H22N6O8/c14-1-8(21)15-2-9(22)16-4-11(24)19-7(6-20)13(27)18-3-10(23)17-5-12(25)26/h7,20H,1-6,14H2,(H,15,21)(H,16,22)(H,17,23)(H,18,27)(H,19,24)(H,25,26)/t7-/m0/s1. The molecule has 0 aliphatic heterocycles. The molecule has 0 saturated carbocycles. The van der Waals surface area contributed by atoms with Crippen molar-refractivity contribution in [3.05, 3.63) is 0 Å². The highest BCUT2D eigenvalue weighted by molar-refractivity contribution is 5.93. The van der Waals surface area contributed by atoms with E-state index in [1.165, 1.54) is 0 Å². The van der Waals surface area contributed by atoms with Crippen molar-refractivity contribution >= 4 is 35.5 Å². The molecule has 0 radical (unpaired) electrons. The minimum Gasteiger partial charge on any atom is -0.480 e. The van der Waals surface area contributed by atoms with Crippen LogP contribution < -0.4 is 32.3 Å². The Labute approximate surface area is 153 Å². The highest BCUT2D eigenvalue weighted by Gasteiger charge is 2.20. The third-order valence-corrected chi connectivity index (χ3v) is 2.77. The number of aliphatic carboxylic acids is 1. The van der Waals surface area contributed by atoms with Crippen LogP contribution in [0.4, 0.5) is 0 Å². The summed E-state index contributed by atoms with van der Waals surface area (Å²) in [6.45, 7) is -3.18. The van der Waals surface area contributed by atoms with Crippen molar-refractivity contribution in [3.8, 4) is 0 Å². The molecule has 152 valence electrons. The number of nitrogens with two attached hydrogens (primary N) is 1. The van der Waals surface area contributed by atoms with Crippen molar-refractivity contribution in [2.75, 3.05) is 39.3 Å². The van der Waals surface area contributed by atoms with Gasteiger partial charge in [-0.25, -0.2) is 0 Å². The molecule has 0 heterocycles. The van der Waals surface area contributed by atoms with E-state index < -0.39 is 74.3 Å². The van der Waals surface area contributed by atoms with E-state index >= 15 is 0 Å². The van der Waals surface area contributed by atoms with Gasteiger partial charge in [0.15, 0.2) is 0 Å². The van der Waals surface area contributed by atoms with Crippen molar-refractivity contribution in [3.63, 3.8) is 0 Å². The third kappa shape index (κ3) is 11.8. The Morgan fingerprint density at radius 3 is 1.74 bits per heavy atom. The first-order valence-corrected chi connectivity index (χ1v) is 7.59. The molecule has 9 N–H and O–H groups in total. The maximum Gasteiger partial charge on any atom is 0.322 e. The lowest BCUT2D eigenvalue weighted by atomic mass is 10.3. The van der Waals surface area contributed by atoms with Crippen LogP contribution in [0.15, 0.2) is 0 Å². The number of carbonyl (C=O) groups is 6. The maximum absolute atomic E-state index is 11.8. The minimum atomic E-state index is -1.39. The minimum absolute atomic E-state index is 0.296. The summed E-state index contributed by atoms with van der Waals surface area (Å²) in [6, 6.07) is -1.39. The fraction of sp³-hybridized carbons (Fsp3) is 0.538. The number of hydrogen-bond acceptors (Lipinski definition) is 8. The highest BCUT2D eigenvalue weighted by Crippen LogP contribution is 1.84. The van der Waals surface area contributed by atoms with Crippen molar-refractivity contribution in [1.82, 2.24) is 26.6 Å². The zero-order chi connectivity index (χ0) is 20.8. The molecular weight excluding hydrogens is 368 g/mol. The summed E-state index contributed by atoms with van der Waals surface area (Å²) in [5.74, 6) is -4.97. The lowest BCUT2D eigenvalue weighted by Gasteiger charge is -2.16. The quantitative estimate of drug-likeness (QED) is 0.158. The number of carboxylic acids is 1. The lowest BCUT2D eigenvalue weighted by molar-refractivity contribution is -0.138. The normalized spacial score (nSPS) is 10.9. The molecule has 0 fully saturated rings. The van der Waals surface area contributed by atoms with Crippen LogP contribution in [0.25, 0.3) is 0 Å². The summed E-state index contributed by atoms with van der Waals surface area (Å²) in [7, 11) is 0. The summed E-state index contributed by atoms with van der Waals surface area (Å²) >= 11 is 0. The van der Waals surface area contributed by atoms with Gasteiger partial charge in [0.1, 0.15) is 12.6 Å². The first-order chi connectivity index (χ1) is 12.7.